The van der Waals surface area contributed by atoms with Crippen LogP contribution < -0.4 is 14.9 Å². The summed E-state index contributed by atoms with van der Waals surface area (Å²) < 4.78 is 23.8. The number of benzene rings is 2. The summed E-state index contributed by atoms with van der Waals surface area (Å²) in [5.41, 5.74) is -0.00953. The van der Waals surface area contributed by atoms with Crippen LogP contribution in [0.2, 0.25) is 0 Å². The van der Waals surface area contributed by atoms with E-state index in [4.69, 9.17) is 19.5 Å². The van der Waals surface area contributed by atoms with Gasteiger partial charge < -0.3 is 19.5 Å². The van der Waals surface area contributed by atoms with Crippen molar-refractivity contribution >= 4 is 12.6 Å². The van der Waals surface area contributed by atoms with E-state index >= 15 is 0 Å². The highest BCUT2D eigenvalue weighted by Crippen LogP contribution is 2.11. The van der Waals surface area contributed by atoms with E-state index in [9.17, 15) is 4.39 Å². The van der Waals surface area contributed by atoms with Crippen LogP contribution >= 0.6 is 0 Å². The first kappa shape index (κ1) is 14.4. The second kappa shape index (κ2) is 6.93. The van der Waals surface area contributed by atoms with Crippen LogP contribution in [0.1, 0.15) is 0 Å². The largest absolute Gasteiger partial charge is 0.492 e. The van der Waals surface area contributed by atoms with Crippen LogP contribution in [-0.4, -0.2) is 30.4 Å². The van der Waals surface area contributed by atoms with Gasteiger partial charge in [0.05, 0.1) is 0 Å². The van der Waals surface area contributed by atoms with Crippen molar-refractivity contribution in [1.82, 2.24) is 0 Å². The Morgan fingerprint density at radius 1 is 0.950 bits per heavy atom. The maximum atomic E-state index is 13.0. The Morgan fingerprint density at radius 2 is 1.65 bits per heavy atom. The molecule has 2 rings (SSSR count). The molecule has 0 radical (unpaired) electrons. The van der Waals surface area contributed by atoms with E-state index in [-0.39, 0.29) is 17.8 Å². The number of halogens is 1. The zero-order chi connectivity index (χ0) is 14.4. The van der Waals surface area contributed by atoms with E-state index in [1.807, 2.05) is 30.3 Å². The lowest BCUT2D eigenvalue weighted by Gasteiger charge is -2.12. The van der Waals surface area contributed by atoms with Gasteiger partial charge in [0.1, 0.15) is 30.5 Å². The number of rotatable bonds is 6. The number of hydrogen-bond acceptors (Lipinski definition) is 4. The summed E-state index contributed by atoms with van der Waals surface area (Å²) in [6.07, 6.45) is 0. The van der Waals surface area contributed by atoms with Crippen LogP contribution in [0.15, 0.2) is 48.5 Å². The zero-order valence-electron chi connectivity index (χ0n) is 10.7. The highest BCUT2D eigenvalue weighted by atomic mass is 19.1. The average molecular weight is 276 g/mol. The molecule has 0 atom stereocenters. The predicted molar refractivity (Wildman–Crippen MR) is 73.7 cm³/mol. The molecule has 0 amide bonds. The Labute approximate surface area is 116 Å². The molecule has 2 aromatic rings. The summed E-state index contributed by atoms with van der Waals surface area (Å²) in [5.74, 6) is 0.386. The normalized spacial score (nSPS) is 10.2. The lowest BCUT2D eigenvalue weighted by Crippen LogP contribution is -2.32. The number of para-hydroxylation sites is 1. The van der Waals surface area contributed by atoms with Crippen LogP contribution in [0.5, 0.6) is 11.5 Å². The van der Waals surface area contributed by atoms with Crippen molar-refractivity contribution < 1.29 is 23.9 Å². The summed E-state index contributed by atoms with van der Waals surface area (Å²) in [6.45, 7) is 0.503. The van der Waals surface area contributed by atoms with Gasteiger partial charge in [0, 0.05) is 5.46 Å². The standard InChI is InChI=1S/C14H14BFO4/c16-11-6-7-14(13(10-11)15(17)18)20-9-8-19-12-4-2-1-3-5-12/h1-7,10,17-18H,8-9H2. The molecule has 4 nitrogen and oxygen atoms in total. The Balaban J connectivity index is 1.88. The number of ether oxygens (including phenoxy) is 2. The van der Waals surface area contributed by atoms with Crippen LogP contribution in [0.25, 0.3) is 0 Å². The van der Waals surface area contributed by atoms with E-state index in [1.54, 1.807) is 0 Å². The number of hydrogen-bond donors (Lipinski definition) is 2. The van der Waals surface area contributed by atoms with Crippen molar-refractivity contribution in [2.45, 2.75) is 0 Å². The second-order valence-corrected chi connectivity index (χ2v) is 4.07. The molecule has 0 saturated heterocycles. The van der Waals surface area contributed by atoms with Crippen LogP contribution in [-0.2, 0) is 0 Å². The van der Waals surface area contributed by atoms with E-state index in [1.165, 1.54) is 12.1 Å². The molecule has 0 fully saturated rings. The molecule has 0 spiro atoms. The van der Waals surface area contributed by atoms with Crippen molar-refractivity contribution in [1.29, 1.82) is 0 Å². The van der Waals surface area contributed by atoms with Gasteiger partial charge in [-0.2, -0.15) is 0 Å². The molecule has 0 bridgehead atoms. The van der Waals surface area contributed by atoms with Gasteiger partial charge in [-0.3, -0.25) is 0 Å². The zero-order valence-corrected chi connectivity index (χ0v) is 10.7. The van der Waals surface area contributed by atoms with E-state index in [0.29, 0.717) is 6.61 Å². The summed E-state index contributed by atoms with van der Waals surface area (Å²) in [4.78, 5) is 0. The first-order valence-corrected chi connectivity index (χ1v) is 6.13. The maximum Gasteiger partial charge on any atom is 0.492 e. The highest BCUT2D eigenvalue weighted by Gasteiger charge is 2.18. The van der Waals surface area contributed by atoms with E-state index < -0.39 is 12.9 Å². The molecule has 2 aromatic carbocycles. The summed E-state index contributed by atoms with van der Waals surface area (Å²) in [6, 6.07) is 12.8. The molecule has 6 heteroatoms. The minimum atomic E-state index is -1.78. The molecule has 0 saturated carbocycles. The summed E-state index contributed by atoms with van der Waals surface area (Å²) >= 11 is 0. The molecular weight excluding hydrogens is 262 g/mol. The first-order chi connectivity index (χ1) is 9.66. The Hall–Kier alpha value is -2.05. The molecule has 0 aromatic heterocycles. The van der Waals surface area contributed by atoms with Crippen molar-refractivity contribution in [2.24, 2.45) is 0 Å². The predicted octanol–water partition coefficient (Wildman–Crippen LogP) is 0.963. The molecule has 2 N–H and O–H groups in total. The van der Waals surface area contributed by atoms with Crippen LogP contribution in [0, 0.1) is 5.82 Å². The second-order valence-electron chi connectivity index (χ2n) is 4.07. The fourth-order valence-corrected chi connectivity index (χ4v) is 1.68. The smallest absolute Gasteiger partial charge is 0.490 e. The molecule has 0 unspecified atom stereocenters. The molecule has 0 aliphatic heterocycles. The average Bonchev–Trinajstić information content (AvgIpc) is 2.45. The van der Waals surface area contributed by atoms with Gasteiger partial charge in [-0.05, 0) is 30.3 Å². The lowest BCUT2D eigenvalue weighted by molar-refractivity contribution is 0.217. The van der Waals surface area contributed by atoms with Gasteiger partial charge in [0.25, 0.3) is 0 Å². The Morgan fingerprint density at radius 3 is 2.35 bits per heavy atom. The molecule has 0 heterocycles. The molecular formula is C14H14BFO4. The van der Waals surface area contributed by atoms with Crippen LogP contribution in [0.3, 0.4) is 0 Å². The van der Waals surface area contributed by atoms with Crippen LogP contribution in [0.4, 0.5) is 4.39 Å². The lowest BCUT2D eigenvalue weighted by atomic mass is 9.79. The van der Waals surface area contributed by atoms with Crippen molar-refractivity contribution in [3.8, 4) is 11.5 Å². The highest BCUT2D eigenvalue weighted by molar-refractivity contribution is 6.59. The summed E-state index contributed by atoms with van der Waals surface area (Å²) in [5, 5.41) is 18.3. The van der Waals surface area contributed by atoms with E-state index in [0.717, 1.165) is 11.8 Å². The van der Waals surface area contributed by atoms with Gasteiger partial charge in [-0.25, -0.2) is 4.39 Å². The van der Waals surface area contributed by atoms with Gasteiger partial charge in [-0.1, -0.05) is 18.2 Å². The molecule has 104 valence electrons. The SMILES string of the molecule is OB(O)c1cc(F)ccc1OCCOc1ccccc1. The fourth-order valence-electron chi connectivity index (χ4n) is 1.68. The Kier molecular flexibility index (Phi) is 4.98. The quantitative estimate of drug-likeness (QED) is 0.609. The van der Waals surface area contributed by atoms with Gasteiger partial charge in [0.15, 0.2) is 0 Å². The molecule has 0 aliphatic rings. The summed E-state index contributed by atoms with van der Waals surface area (Å²) in [7, 11) is -1.78. The van der Waals surface area contributed by atoms with Crippen molar-refractivity contribution in [3.63, 3.8) is 0 Å². The van der Waals surface area contributed by atoms with Crippen molar-refractivity contribution in [3.05, 3.63) is 54.3 Å². The van der Waals surface area contributed by atoms with Gasteiger partial charge in [-0.15, -0.1) is 0 Å². The van der Waals surface area contributed by atoms with Gasteiger partial charge >= 0.3 is 7.12 Å². The first-order valence-electron chi connectivity index (χ1n) is 6.13. The fraction of sp³-hybridized carbons (Fsp3) is 0.143. The van der Waals surface area contributed by atoms with Gasteiger partial charge in [0.2, 0.25) is 0 Å². The minimum absolute atomic E-state index is 0.00953. The third-order valence-corrected chi connectivity index (χ3v) is 2.60. The molecule has 20 heavy (non-hydrogen) atoms. The topological polar surface area (TPSA) is 58.9 Å². The third kappa shape index (κ3) is 3.98. The third-order valence-electron chi connectivity index (χ3n) is 2.60. The van der Waals surface area contributed by atoms with E-state index in [2.05, 4.69) is 0 Å². The molecule has 0 aliphatic carbocycles. The van der Waals surface area contributed by atoms with Crippen molar-refractivity contribution in [2.75, 3.05) is 13.2 Å². The Bertz CT molecular complexity index is 548. The minimum Gasteiger partial charge on any atom is -0.490 e. The maximum absolute atomic E-state index is 13.0. The monoisotopic (exact) mass is 276 g/mol.